The van der Waals surface area contributed by atoms with Gasteiger partial charge in [-0.1, -0.05) is 0 Å². The fraction of sp³-hybridized carbons (Fsp3) is 0.700. The molecule has 1 aromatic rings. The number of hydrogen-bond acceptors (Lipinski definition) is 5. The first-order chi connectivity index (χ1) is 7.77. The van der Waals surface area contributed by atoms with Crippen LogP contribution in [0, 0.1) is 5.41 Å². The highest BCUT2D eigenvalue weighted by Crippen LogP contribution is 2.33. The Labute approximate surface area is 93.8 Å². The molecule has 6 nitrogen and oxygen atoms in total. The standard InChI is InChI=1S/C10H16N4O2/c1-16-9(15)10(2-4-11-5-3-10)6-8-7-12-14-13-8/h7,11H,2-6H2,1H3,(H,12,13,14). The monoisotopic (exact) mass is 224 g/mol. The van der Waals surface area contributed by atoms with Gasteiger partial charge >= 0.3 is 5.97 Å². The van der Waals surface area contributed by atoms with E-state index in [1.165, 1.54) is 7.11 Å². The van der Waals surface area contributed by atoms with Crippen LogP contribution >= 0.6 is 0 Å². The van der Waals surface area contributed by atoms with Crippen LogP contribution in [0.4, 0.5) is 0 Å². The Kier molecular flexibility index (Phi) is 3.19. The minimum Gasteiger partial charge on any atom is -0.469 e. The lowest BCUT2D eigenvalue weighted by Gasteiger charge is -2.34. The van der Waals surface area contributed by atoms with Crippen molar-refractivity contribution in [2.24, 2.45) is 5.41 Å². The zero-order chi connectivity index (χ0) is 11.4. The largest absolute Gasteiger partial charge is 0.469 e. The quantitative estimate of drug-likeness (QED) is 0.700. The minimum atomic E-state index is -0.434. The van der Waals surface area contributed by atoms with Crippen LogP contribution in [0.3, 0.4) is 0 Å². The van der Waals surface area contributed by atoms with Gasteiger partial charge in [-0.2, -0.15) is 15.4 Å². The summed E-state index contributed by atoms with van der Waals surface area (Å²) in [6.45, 7) is 1.68. The number of rotatable bonds is 3. The summed E-state index contributed by atoms with van der Waals surface area (Å²) in [6, 6.07) is 0. The van der Waals surface area contributed by atoms with Crippen LogP contribution < -0.4 is 5.32 Å². The van der Waals surface area contributed by atoms with Crippen LogP contribution in [-0.2, 0) is 16.0 Å². The molecule has 2 rings (SSSR count). The van der Waals surface area contributed by atoms with Crippen LogP contribution in [0.25, 0.3) is 0 Å². The number of esters is 1. The van der Waals surface area contributed by atoms with Crippen molar-refractivity contribution in [1.29, 1.82) is 0 Å². The molecule has 1 aliphatic rings. The number of aromatic amines is 1. The number of methoxy groups -OCH3 is 1. The summed E-state index contributed by atoms with van der Waals surface area (Å²) in [7, 11) is 1.44. The third kappa shape index (κ3) is 2.06. The first kappa shape index (κ1) is 11.1. The van der Waals surface area contributed by atoms with E-state index in [0.29, 0.717) is 6.42 Å². The number of H-pyrrole nitrogens is 1. The molecule has 0 unspecified atom stereocenters. The molecule has 0 saturated carbocycles. The maximum Gasteiger partial charge on any atom is 0.312 e. The van der Waals surface area contributed by atoms with Gasteiger partial charge in [-0.3, -0.25) is 4.79 Å². The van der Waals surface area contributed by atoms with Gasteiger partial charge in [0.25, 0.3) is 0 Å². The van der Waals surface area contributed by atoms with Crippen molar-refractivity contribution in [1.82, 2.24) is 20.7 Å². The number of hydrogen-bond donors (Lipinski definition) is 2. The normalized spacial score (nSPS) is 19.3. The van der Waals surface area contributed by atoms with E-state index in [-0.39, 0.29) is 5.97 Å². The lowest BCUT2D eigenvalue weighted by molar-refractivity contribution is -0.154. The molecule has 1 aromatic heterocycles. The molecule has 1 fully saturated rings. The highest BCUT2D eigenvalue weighted by Gasteiger charge is 2.41. The van der Waals surface area contributed by atoms with Crippen molar-refractivity contribution < 1.29 is 9.53 Å². The lowest BCUT2D eigenvalue weighted by atomic mass is 9.75. The van der Waals surface area contributed by atoms with Crippen LogP contribution in [0.5, 0.6) is 0 Å². The van der Waals surface area contributed by atoms with Crippen molar-refractivity contribution in [2.75, 3.05) is 20.2 Å². The molecule has 0 amide bonds. The molecule has 0 spiro atoms. The second-order valence-corrected chi connectivity index (χ2v) is 4.16. The fourth-order valence-corrected chi connectivity index (χ4v) is 2.23. The average Bonchev–Trinajstić information content (AvgIpc) is 2.82. The molecule has 88 valence electrons. The molecule has 1 aliphatic heterocycles. The number of piperidine rings is 1. The Morgan fingerprint density at radius 1 is 1.56 bits per heavy atom. The van der Waals surface area contributed by atoms with E-state index < -0.39 is 5.41 Å². The zero-order valence-corrected chi connectivity index (χ0v) is 9.32. The third-order valence-electron chi connectivity index (χ3n) is 3.16. The Hall–Kier alpha value is -1.43. The van der Waals surface area contributed by atoms with E-state index in [1.807, 2.05) is 0 Å². The SMILES string of the molecule is COC(=O)C1(Cc2cn[nH]n2)CCNCC1. The van der Waals surface area contributed by atoms with Crippen molar-refractivity contribution in [3.63, 3.8) is 0 Å². The van der Waals surface area contributed by atoms with Gasteiger partial charge < -0.3 is 10.1 Å². The van der Waals surface area contributed by atoms with Gasteiger partial charge in [0.2, 0.25) is 0 Å². The van der Waals surface area contributed by atoms with Gasteiger partial charge in [0.1, 0.15) is 0 Å². The summed E-state index contributed by atoms with van der Waals surface area (Å²) in [4.78, 5) is 11.9. The Morgan fingerprint density at radius 2 is 2.31 bits per heavy atom. The minimum absolute atomic E-state index is 0.142. The molecule has 0 radical (unpaired) electrons. The molecule has 0 atom stereocenters. The van der Waals surface area contributed by atoms with Crippen molar-refractivity contribution in [3.8, 4) is 0 Å². The van der Waals surface area contributed by atoms with Gasteiger partial charge in [0, 0.05) is 6.42 Å². The summed E-state index contributed by atoms with van der Waals surface area (Å²) in [6.07, 6.45) is 3.82. The third-order valence-corrected chi connectivity index (χ3v) is 3.16. The van der Waals surface area contributed by atoms with Crippen LogP contribution in [0.15, 0.2) is 6.20 Å². The first-order valence-electron chi connectivity index (χ1n) is 5.41. The number of ether oxygens (including phenoxy) is 1. The number of nitrogens with zero attached hydrogens (tertiary/aromatic N) is 2. The summed E-state index contributed by atoms with van der Waals surface area (Å²) in [5.41, 5.74) is 0.379. The van der Waals surface area contributed by atoms with Gasteiger partial charge in [-0.15, -0.1) is 0 Å². The van der Waals surface area contributed by atoms with Gasteiger partial charge in [0.05, 0.1) is 24.4 Å². The molecule has 0 aromatic carbocycles. The molecule has 16 heavy (non-hydrogen) atoms. The summed E-state index contributed by atoms with van der Waals surface area (Å²) < 4.78 is 4.92. The summed E-state index contributed by atoms with van der Waals surface area (Å²) >= 11 is 0. The van der Waals surface area contributed by atoms with Crippen molar-refractivity contribution in [3.05, 3.63) is 11.9 Å². The Morgan fingerprint density at radius 3 is 2.88 bits per heavy atom. The second-order valence-electron chi connectivity index (χ2n) is 4.16. The first-order valence-corrected chi connectivity index (χ1v) is 5.41. The summed E-state index contributed by atoms with van der Waals surface area (Å²) in [5.74, 6) is -0.142. The molecule has 2 heterocycles. The molecular weight excluding hydrogens is 208 g/mol. The van der Waals surface area contributed by atoms with Gasteiger partial charge in [-0.05, 0) is 25.9 Å². The molecule has 6 heteroatoms. The maximum atomic E-state index is 11.9. The van der Waals surface area contributed by atoms with Crippen molar-refractivity contribution in [2.45, 2.75) is 19.3 Å². The van der Waals surface area contributed by atoms with E-state index in [4.69, 9.17) is 4.74 Å². The highest BCUT2D eigenvalue weighted by molar-refractivity contribution is 5.77. The lowest BCUT2D eigenvalue weighted by Crippen LogP contribution is -2.44. The number of aromatic nitrogens is 3. The highest BCUT2D eigenvalue weighted by atomic mass is 16.5. The average molecular weight is 224 g/mol. The second kappa shape index (κ2) is 4.61. The number of carbonyl (C=O) groups is 1. The van der Waals surface area contributed by atoms with E-state index >= 15 is 0 Å². The molecule has 1 saturated heterocycles. The molecule has 0 aliphatic carbocycles. The van der Waals surface area contributed by atoms with E-state index in [2.05, 4.69) is 20.7 Å². The molecule has 2 N–H and O–H groups in total. The van der Waals surface area contributed by atoms with E-state index in [1.54, 1.807) is 6.20 Å². The smallest absolute Gasteiger partial charge is 0.312 e. The zero-order valence-electron chi connectivity index (χ0n) is 9.32. The topological polar surface area (TPSA) is 79.9 Å². The maximum absolute atomic E-state index is 11.9. The van der Waals surface area contributed by atoms with E-state index in [9.17, 15) is 4.79 Å². The Bertz CT molecular complexity index is 344. The van der Waals surface area contributed by atoms with Crippen LogP contribution in [-0.4, -0.2) is 41.6 Å². The van der Waals surface area contributed by atoms with Crippen LogP contribution in [0.1, 0.15) is 18.5 Å². The molecular formula is C10H16N4O2. The fourth-order valence-electron chi connectivity index (χ4n) is 2.23. The van der Waals surface area contributed by atoms with Crippen LogP contribution in [0.2, 0.25) is 0 Å². The predicted octanol–water partition coefficient (Wildman–Crippen LogP) is -0.110. The van der Waals surface area contributed by atoms with Gasteiger partial charge in [0.15, 0.2) is 0 Å². The van der Waals surface area contributed by atoms with E-state index in [0.717, 1.165) is 31.6 Å². The summed E-state index contributed by atoms with van der Waals surface area (Å²) in [5, 5.41) is 13.6. The predicted molar refractivity (Wildman–Crippen MR) is 56.6 cm³/mol. The number of nitrogens with one attached hydrogen (secondary N) is 2. The van der Waals surface area contributed by atoms with Gasteiger partial charge in [-0.25, -0.2) is 0 Å². The van der Waals surface area contributed by atoms with Crippen molar-refractivity contribution >= 4 is 5.97 Å². The Balaban J connectivity index is 2.16. The molecule has 0 bridgehead atoms. The number of carbonyl (C=O) groups excluding carboxylic acids is 1.